The second-order valence-electron chi connectivity index (χ2n) is 3.06. The van der Waals surface area contributed by atoms with Crippen molar-refractivity contribution in [3.05, 3.63) is 5.82 Å². The van der Waals surface area contributed by atoms with Gasteiger partial charge in [0.25, 0.3) is 0 Å². The number of rotatable bonds is 2. The van der Waals surface area contributed by atoms with Crippen LogP contribution >= 0.6 is 0 Å². The van der Waals surface area contributed by atoms with Crippen LogP contribution in [-0.4, -0.2) is 34.3 Å². The molecule has 1 fully saturated rings. The number of aliphatic carboxylic acids is 1. The maximum absolute atomic E-state index is 10.5. The van der Waals surface area contributed by atoms with E-state index < -0.39 is 5.97 Å². The number of aromatic nitrogens is 2. The summed E-state index contributed by atoms with van der Waals surface area (Å²) >= 11 is 0. The number of aryl methyl sites for hydroxylation is 1. The van der Waals surface area contributed by atoms with E-state index in [0.29, 0.717) is 24.9 Å². The van der Waals surface area contributed by atoms with Crippen LogP contribution < -0.4 is 4.90 Å². The summed E-state index contributed by atoms with van der Waals surface area (Å²) in [6, 6.07) is 0.412. The zero-order chi connectivity index (χ0) is 9.42. The number of anilines is 1. The molecule has 0 radical (unpaired) electrons. The lowest BCUT2D eigenvalue weighted by Gasteiger charge is -2.34. The Kier molecular flexibility index (Phi) is 1.68. The summed E-state index contributed by atoms with van der Waals surface area (Å²) in [7, 11) is 0. The van der Waals surface area contributed by atoms with Crippen LogP contribution in [0.3, 0.4) is 0 Å². The maximum Gasteiger partial charge on any atom is 0.324 e. The van der Waals surface area contributed by atoms with Crippen molar-refractivity contribution < 1.29 is 14.4 Å². The fourth-order valence-corrected chi connectivity index (χ4v) is 1.21. The van der Waals surface area contributed by atoms with Crippen molar-refractivity contribution in [3.8, 4) is 0 Å². The average molecular weight is 183 g/mol. The highest BCUT2D eigenvalue weighted by Gasteiger charge is 2.35. The molecule has 13 heavy (non-hydrogen) atoms. The van der Waals surface area contributed by atoms with E-state index in [9.17, 15) is 4.79 Å². The second-order valence-corrected chi connectivity index (χ2v) is 3.06. The Bertz CT molecular complexity index is 329. The standard InChI is InChI=1S/C7H9N3O3/c1-4-8-7(13-9-4)10-2-5(3-10)6(11)12/h5H,2-3H2,1H3,(H,11,12). The van der Waals surface area contributed by atoms with Gasteiger partial charge in [0.2, 0.25) is 0 Å². The zero-order valence-corrected chi connectivity index (χ0v) is 7.10. The number of hydrogen-bond acceptors (Lipinski definition) is 5. The molecule has 0 saturated carbocycles. The maximum atomic E-state index is 10.5. The van der Waals surface area contributed by atoms with E-state index in [4.69, 9.17) is 9.63 Å². The van der Waals surface area contributed by atoms with Gasteiger partial charge >= 0.3 is 12.0 Å². The monoisotopic (exact) mass is 183 g/mol. The van der Waals surface area contributed by atoms with E-state index in [1.807, 2.05) is 0 Å². The molecular weight excluding hydrogens is 174 g/mol. The molecule has 0 aliphatic carbocycles. The highest BCUT2D eigenvalue weighted by atomic mass is 16.5. The third-order valence-corrected chi connectivity index (χ3v) is 2.02. The molecule has 0 aromatic carbocycles. The van der Waals surface area contributed by atoms with Crippen LogP contribution in [0.15, 0.2) is 4.52 Å². The van der Waals surface area contributed by atoms with Gasteiger partial charge in [0.05, 0.1) is 5.92 Å². The SMILES string of the molecule is Cc1noc(N2CC(C(=O)O)C2)n1. The summed E-state index contributed by atoms with van der Waals surface area (Å²) in [5, 5.41) is 12.2. The van der Waals surface area contributed by atoms with Gasteiger partial charge in [-0.25, -0.2) is 0 Å². The zero-order valence-electron chi connectivity index (χ0n) is 7.10. The minimum absolute atomic E-state index is 0.299. The molecule has 1 saturated heterocycles. The predicted molar refractivity (Wildman–Crippen MR) is 42.4 cm³/mol. The Morgan fingerprint density at radius 3 is 2.85 bits per heavy atom. The van der Waals surface area contributed by atoms with Crippen LogP contribution in [0.4, 0.5) is 6.01 Å². The van der Waals surface area contributed by atoms with Crippen molar-refractivity contribution in [3.63, 3.8) is 0 Å². The van der Waals surface area contributed by atoms with Gasteiger partial charge in [-0.1, -0.05) is 5.16 Å². The van der Waals surface area contributed by atoms with E-state index in [1.165, 1.54) is 0 Å². The van der Waals surface area contributed by atoms with E-state index in [1.54, 1.807) is 11.8 Å². The van der Waals surface area contributed by atoms with Crippen molar-refractivity contribution in [1.82, 2.24) is 10.1 Å². The first-order chi connectivity index (χ1) is 6.16. The van der Waals surface area contributed by atoms with Crippen molar-refractivity contribution in [2.45, 2.75) is 6.92 Å². The number of carbonyl (C=O) groups is 1. The van der Waals surface area contributed by atoms with Gasteiger partial charge in [-0.05, 0) is 6.92 Å². The molecule has 0 amide bonds. The molecule has 6 nitrogen and oxygen atoms in total. The average Bonchev–Trinajstić information content (AvgIpc) is 2.31. The lowest BCUT2D eigenvalue weighted by Crippen LogP contribution is -2.50. The first-order valence-corrected chi connectivity index (χ1v) is 3.95. The molecular formula is C7H9N3O3. The molecule has 1 aromatic rings. The first kappa shape index (κ1) is 8.03. The molecule has 0 bridgehead atoms. The van der Waals surface area contributed by atoms with Gasteiger partial charge in [-0.3, -0.25) is 4.79 Å². The summed E-state index contributed by atoms with van der Waals surface area (Å²) in [6.07, 6.45) is 0. The summed E-state index contributed by atoms with van der Waals surface area (Å²) in [6.45, 7) is 2.63. The number of nitrogens with zero attached hydrogens (tertiary/aromatic N) is 3. The van der Waals surface area contributed by atoms with Crippen LogP contribution in [0.25, 0.3) is 0 Å². The van der Waals surface area contributed by atoms with Crippen molar-refractivity contribution >= 4 is 12.0 Å². The smallest absolute Gasteiger partial charge is 0.324 e. The Balaban J connectivity index is 1.97. The molecule has 1 aliphatic rings. The van der Waals surface area contributed by atoms with Crippen LogP contribution in [0.1, 0.15) is 5.82 Å². The van der Waals surface area contributed by atoms with Crippen molar-refractivity contribution in [2.75, 3.05) is 18.0 Å². The molecule has 70 valence electrons. The van der Waals surface area contributed by atoms with Gasteiger partial charge in [0, 0.05) is 13.1 Å². The van der Waals surface area contributed by atoms with Gasteiger partial charge in [0.15, 0.2) is 5.82 Å². The topological polar surface area (TPSA) is 79.5 Å². The van der Waals surface area contributed by atoms with E-state index >= 15 is 0 Å². The number of hydrogen-bond donors (Lipinski definition) is 1. The van der Waals surface area contributed by atoms with E-state index in [-0.39, 0.29) is 5.92 Å². The molecule has 0 unspecified atom stereocenters. The molecule has 1 N–H and O–H groups in total. The van der Waals surface area contributed by atoms with Gasteiger partial charge in [0.1, 0.15) is 0 Å². The number of carboxylic acids is 1. The summed E-state index contributed by atoms with van der Waals surface area (Å²) in [5.74, 6) is -0.506. The molecule has 1 aliphatic heterocycles. The Morgan fingerprint density at radius 2 is 2.38 bits per heavy atom. The second kappa shape index (κ2) is 2.72. The lowest BCUT2D eigenvalue weighted by molar-refractivity contribution is -0.142. The third kappa shape index (κ3) is 1.34. The first-order valence-electron chi connectivity index (χ1n) is 3.95. The van der Waals surface area contributed by atoms with Gasteiger partial charge in [-0.15, -0.1) is 0 Å². The Labute approximate surface area is 74.2 Å². The summed E-state index contributed by atoms with van der Waals surface area (Å²) in [5.41, 5.74) is 0. The van der Waals surface area contributed by atoms with Crippen LogP contribution in [0, 0.1) is 12.8 Å². The molecule has 0 atom stereocenters. The quantitative estimate of drug-likeness (QED) is 0.689. The highest BCUT2D eigenvalue weighted by Crippen LogP contribution is 2.22. The minimum atomic E-state index is -0.771. The van der Waals surface area contributed by atoms with Crippen LogP contribution in [-0.2, 0) is 4.79 Å². The van der Waals surface area contributed by atoms with Gasteiger partial charge in [-0.2, -0.15) is 4.98 Å². The fraction of sp³-hybridized carbons (Fsp3) is 0.571. The molecule has 1 aromatic heterocycles. The number of carboxylic acid groups (broad SMARTS) is 1. The fourth-order valence-electron chi connectivity index (χ4n) is 1.21. The molecule has 0 spiro atoms. The van der Waals surface area contributed by atoms with E-state index in [2.05, 4.69) is 10.1 Å². The van der Waals surface area contributed by atoms with Crippen LogP contribution in [0.2, 0.25) is 0 Å². The molecule has 2 rings (SSSR count). The van der Waals surface area contributed by atoms with Crippen molar-refractivity contribution in [2.24, 2.45) is 5.92 Å². The molecule has 6 heteroatoms. The highest BCUT2D eigenvalue weighted by molar-refractivity contribution is 5.73. The van der Waals surface area contributed by atoms with E-state index in [0.717, 1.165) is 0 Å². The van der Waals surface area contributed by atoms with Crippen molar-refractivity contribution in [1.29, 1.82) is 0 Å². The summed E-state index contributed by atoms with van der Waals surface area (Å²) in [4.78, 5) is 16.2. The van der Waals surface area contributed by atoms with Gasteiger partial charge < -0.3 is 14.5 Å². The minimum Gasteiger partial charge on any atom is -0.481 e. The Morgan fingerprint density at radius 1 is 1.69 bits per heavy atom. The Hall–Kier alpha value is -1.59. The largest absolute Gasteiger partial charge is 0.481 e. The summed E-state index contributed by atoms with van der Waals surface area (Å²) < 4.78 is 4.87. The molecule has 2 heterocycles. The normalized spacial score (nSPS) is 17.2. The third-order valence-electron chi connectivity index (χ3n) is 2.02. The van der Waals surface area contributed by atoms with Crippen LogP contribution in [0.5, 0.6) is 0 Å². The lowest BCUT2D eigenvalue weighted by atomic mass is 10.0. The predicted octanol–water partition coefficient (Wildman–Crippen LogP) is -0.101.